The van der Waals surface area contributed by atoms with Crippen LogP contribution in [0.15, 0.2) is 23.3 Å². The van der Waals surface area contributed by atoms with Gasteiger partial charge in [-0.3, -0.25) is 4.79 Å². The van der Waals surface area contributed by atoms with Crippen LogP contribution in [0.25, 0.3) is 0 Å². The van der Waals surface area contributed by atoms with Gasteiger partial charge in [-0.15, -0.1) is 0 Å². The number of carbonyl (C=O) groups excluding carboxylic acids is 1. The summed E-state index contributed by atoms with van der Waals surface area (Å²) in [6, 6.07) is 0. The van der Waals surface area contributed by atoms with E-state index in [2.05, 4.69) is 26.8 Å². The quantitative estimate of drug-likeness (QED) is 0.356. The van der Waals surface area contributed by atoms with Crippen LogP contribution in [-0.4, -0.2) is 6.29 Å². The summed E-state index contributed by atoms with van der Waals surface area (Å²) >= 11 is 0. The fourth-order valence-corrected chi connectivity index (χ4v) is 1.41. The smallest absolute Gasteiger partial charge is 0.145 e. The molecule has 0 aromatic rings. The Morgan fingerprint density at radius 1 is 1.36 bits per heavy atom. The molecule has 0 rings (SSSR count). The topological polar surface area (TPSA) is 17.1 Å². The van der Waals surface area contributed by atoms with Crippen LogP contribution >= 0.6 is 0 Å². The maximum absolute atomic E-state index is 10.3. The van der Waals surface area contributed by atoms with Gasteiger partial charge in [0.15, 0.2) is 0 Å². The van der Waals surface area contributed by atoms with Gasteiger partial charge in [-0.1, -0.05) is 24.6 Å². The molecule has 0 fully saturated rings. The van der Waals surface area contributed by atoms with Crippen LogP contribution < -0.4 is 0 Å². The summed E-state index contributed by atoms with van der Waals surface area (Å²) in [6.07, 6.45) is 8.46. The summed E-state index contributed by atoms with van der Waals surface area (Å²) in [5.74, 6) is 0.710. The molecule has 1 heteroatoms. The highest BCUT2D eigenvalue weighted by atomic mass is 16.1. The third-order valence-corrected chi connectivity index (χ3v) is 2.47. The zero-order chi connectivity index (χ0) is 11.0. The minimum atomic E-state index is 0.710. The van der Waals surface area contributed by atoms with Crippen molar-refractivity contribution in [1.29, 1.82) is 0 Å². The maximum Gasteiger partial charge on any atom is 0.145 e. The number of carbonyl (C=O) groups is 1. The van der Waals surface area contributed by atoms with Gasteiger partial charge in [-0.25, -0.2) is 0 Å². The molecule has 0 aliphatic rings. The van der Waals surface area contributed by atoms with Gasteiger partial charge in [0, 0.05) is 0 Å². The lowest BCUT2D eigenvalue weighted by atomic mass is 9.97. The largest absolute Gasteiger partial charge is 0.298 e. The summed E-state index contributed by atoms with van der Waals surface area (Å²) in [5, 5.41) is 0. The highest BCUT2D eigenvalue weighted by Gasteiger charge is 2.01. The lowest BCUT2D eigenvalue weighted by Gasteiger charge is -2.09. The van der Waals surface area contributed by atoms with Crippen LogP contribution in [-0.2, 0) is 4.79 Å². The van der Waals surface area contributed by atoms with E-state index in [1.807, 2.05) is 13.0 Å². The SMILES string of the molecule is C/C=C(\C)CC(C)CC/C=C(\C)C=O. The van der Waals surface area contributed by atoms with Gasteiger partial charge in [-0.05, 0) is 51.5 Å². The fourth-order valence-electron chi connectivity index (χ4n) is 1.41. The van der Waals surface area contributed by atoms with Crippen molar-refractivity contribution in [3.8, 4) is 0 Å². The Hall–Kier alpha value is -0.850. The van der Waals surface area contributed by atoms with E-state index in [-0.39, 0.29) is 0 Å². The van der Waals surface area contributed by atoms with Crippen LogP contribution in [0, 0.1) is 5.92 Å². The van der Waals surface area contributed by atoms with Crippen molar-refractivity contribution in [2.24, 2.45) is 5.92 Å². The van der Waals surface area contributed by atoms with E-state index in [1.165, 1.54) is 12.0 Å². The summed E-state index contributed by atoms with van der Waals surface area (Å²) in [7, 11) is 0. The Bertz CT molecular complexity index is 223. The Morgan fingerprint density at radius 2 is 2.00 bits per heavy atom. The van der Waals surface area contributed by atoms with E-state index in [1.54, 1.807) is 0 Å². The minimum absolute atomic E-state index is 0.710. The molecule has 80 valence electrons. The van der Waals surface area contributed by atoms with Crippen LogP contribution in [0.4, 0.5) is 0 Å². The van der Waals surface area contributed by atoms with E-state index in [9.17, 15) is 4.79 Å². The molecule has 1 unspecified atom stereocenters. The third-order valence-electron chi connectivity index (χ3n) is 2.47. The van der Waals surface area contributed by atoms with E-state index in [4.69, 9.17) is 0 Å². The summed E-state index contributed by atoms with van der Waals surface area (Å²) in [6.45, 7) is 8.37. The Morgan fingerprint density at radius 3 is 2.50 bits per heavy atom. The van der Waals surface area contributed by atoms with Gasteiger partial charge in [0.2, 0.25) is 0 Å². The second-order valence-corrected chi connectivity index (χ2v) is 4.09. The molecular weight excluding hydrogens is 172 g/mol. The van der Waals surface area contributed by atoms with Crippen molar-refractivity contribution in [2.75, 3.05) is 0 Å². The predicted octanol–water partition coefficient (Wildman–Crippen LogP) is 3.90. The Kier molecular flexibility index (Phi) is 7.09. The molecule has 0 heterocycles. The molecule has 0 N–H and O–H groups in total. The van der Waals surface area contributed by atoms with E-state index in [0.717, 1.165) is 24.7 Å². The summed E-state index contributed by atoms with van der Waals surface area (Å²) in [5.41, 5.74) is 2.30. The lowest BCUT2D eigenvalue weighted by Crippen LogP contribution is -1.94. The Labute approximate surface area is 87.9 Å². The van der Waals surface area contributed by atoms with Gasteiger partial charge in [0.05, 0.1) is 0 Å². The van der Waals surface area contributed by atoms with Crippen LogP contribution in [0.1, 0.15) is 47.0 Å². The van der Waals surface area contributed by atoms with E-state index in [0.29, 0.717) is 5.92 Å². The number of rotatable bonds is 6. The fraction of sp³-hybridized carbons (Fsp3) is 0.615. The first-order valence-electron chi connectivity index (χ1n) is 5.33. The van der Waals surface area contributed by atoms with Crippen LogP contribution in [0.2, 0.25) is 0 Å². The number of aldehydes is 1. The van der Waals surface area contributed by atoms with Crippen molar-refractivity contribution in [3.05, 3.63) is 23.3 Å². The van der Waals surface area contributed by atoms with Gasteiger partial charge >= 0.3 is 0 Å². The molecule has 0 spiro atoms. The normalized spacial score (nSPS) is 15.4. The average molecular weight is 194 g/mol. The first-order valence-corrected chi connectivity index (χ1v) is 5.33. The minimum Gasteiger partial charge on any atom is -0.298 e. The lowest BCUT2D eigenvalue weighted by molar-refractivity contribution is -0.104. The molecule has 0 aliphatic heterocycles. The van der Waals surface area contributed by atoms with Crippen molar-refractivity contribution in [3.63, 3.8) is 0 Å². The number of hydrogen-bond acceptors (Lipinski definition) is 1. The highest BCUT2D eigenvalue weighted by molar-refractivity contribution is 5.71. The molecule has 14 heavy (non-hydrogen) atoms. The third kappa shape index (κ3) is 6.64. The number of allylic oxidation sites excluding steroid dienone is 4. The molecule has 0 amide bonds. The average Bonchev–Trinajstić information content (AvgIpc) is 2.17. The summed E-state index contributed by atoms with van der Waals surface area (Å²) < 4.78 is 0. The van der Waals surface area contributed by atoms with Gasteiger partial charge in [0.25, 0.3) is 0 Å². The van der Waals surface area contributed by atoms with Gasteiger partial charge in [0.1, 0.15) is 6.29 Å². The molecule has 1 nitrogen and oxygen atoms in total. The van der Waals surface area contributed by atoms with Crippen molar-refractivity contribution >= 4 is 6.29 Å². The zero-order valence-electron chi connectivity index (χ0n) is 9.84. The second-order valence-electron chi connectivity index (χ2n) is 4.09. The first-order chi connectivity index (χ1) is 6.60. The van der Waals surface area contributed by atoms with E-state index >= 15 is 0 Å². The molecule has 0 saturated carbocycles. The molecule has 0 aliphatic carbocycles. The highest BCUT2D eigenvalue weighted by Crippen LogP contribution is 2.16. The molecule has 0 aromatic heterocycles. The first kappa shape index (κ1) is 13.2. The second kappa shape index (κ2) is 7.54. The molecule has 0 bridgehead atoms. The van der Waals surface area contributed by atoms with Crippen LogP contribution in [0.3, 0.4) is 0 Å². The van der Waals surface area contributed by atoms with Crippen LogP contribution in [0.5, 0.6) is 0 Å². The Balaban J connectivity index is 3.74. The van der Waals surface area contributed by atoms with Gasteiger partial charge < -0.3 is 0 Å². The van der Waals surface area contributed by atoms with E-state index < -0.39 is 0 Å². The zero-order valence-corrected chi connectivity index (χ0v) is 9.84. The van der Waals surface area contributed by atoms with Gasteiger partial charge in [-0.2, -0.15) is 0 Å². The van der Waals surface area contributed by atoms with Crippen molar-refractivity contribution in [1.82, 2.24) is 0 Å². The maximum atomic E-state index is 10.3. The molecular formula is C13H22O. The molecule has 0 saturated heterocycles. The number of hydrogen-bond donors (Lipinski definition) is 0. The standard InChI is InChI=1S/C13H22O/c1-5-11(2)9-12(3)7-6-8-13(4)10-14/h5,8,10,12H,6-7,9H2,1-4H3/b11-5+,13-8+. The molecule has 0 radical (unpaired) electrons. The monoisotopic (exact) mass is 194 g/mol. The molecule has 0 aromatic carbocycles. The predicted molar refractivity (Wildman–Crippen MR) is 62.3 cm³/mol. The molecule has 1 atom stereocenters. The van der Waals surface area contributed by atoms with Crippen molar-refractivity contribution < 1.29 is 4.79 Å². The summed E-state index contributed by atoms with van der Waals surface area (Å²) in [4.78, 5) is 10.3. The van der Waals surface area contributed by atoms with Crippen molar-refractivity contribution in [2.45, 2.75) is 47.0 Å².